The molecule has 4 nitrogen and oxygen atoms in total. The van der Waals surface area contributed by atoms with Crippen LogP contribution in [0.15, 0.2) is 41.8 Å². The predicted molar refractivity (Wildman–Crippen MR) is 53.0 cm³/mol. The van der Waals surface area contributed by atoms with Crippen molar-refractivity contribution in [3.05, 3.63) is 42.4 Å². The standard InChI is InChI=1S/C10H10N2O2/c1-8(10(13)14-2)12-7-9-3-5-11-6-4-9/h3-7H,1H2,2H3. The molecular formula is C10H10N2O2. The molecule has 0 aliphatic rings. The smallest absolute Gasteiger partial charge is 0.356 e. The maximum atomic E-state index is 10.9. The van der Waals surface area contributed by atoms with Crippen molar-refractivity contribution in [2.24, 2.45) is 4.99 Å². The number of hydrogen-bond acceptors (Lipinski definition) is 4. The third kappa shape index (κ3) is 2.82. The fourth-order valence-electron chi connectivity index (χ4n) is 0.772. The van der Waals surface area contributed by atoms with Crippen LogP contribution in [0.2, 0.25) is 0 Å². The summed E-state index contributed by atoms with van der Waals surface area (Å²) in [5, 5.41) is 0. The largest absolute Gasteiger partial charge is 0.464 e. The number of carbonyl (C=O) groups excluding carboxylic acids is 1. The molecule has 72 valence electrons. The fourth-order valence-corrected chi connectivity index (χ4v) is 0.772. The molecular weight excluding hydrogens is 180 g/mol. The minimum absolute atomic E-state index is 0.0734. The number of methoxy groups -OCH3 is 1. The van der Waals surface area contributed by atoms with E-state index in [0.29, 0.717) is 0 Å². The molecule has 1 rings (SSSR count). The van der Waals surface area contributed by atoms with Gasteiger partial charge in [0.15, 0.2) is 0 Å². The Labute approximate surface area is 82.0 Å². The summed E-state index contributed by atoms with van der Waals surface area (Å²) in [6, 6.07) is 3.54. The quantitative estimate of drug-likeness (QED) is 0.408. The van der Waals surface area contributed by atoms with Crippen molar-refractivity contribution in [3.63, 3.8) is 0 Å². The van der Waals surface area contributed by atoms with Crippen molar-refractivity contribution < 1.29 is 9.53 Å². The molecule has 0 atom stereocenters. The summed E-state index contributed by atoms with van der Waals surface area (Å²) in [4.78, 5) is 18.6. The fraction of sp³-hybridized carbons (Fsp3) is 0.100. The number of hydrogen-bond donors (Lipinski definition) is 0. The summed E-state index contributed by atoms with van der Waals surface area (Å²) < 4.78 is 4.44. The van der Waals surface area contributed by atoms with Crippen LogP contribution in [0.5, 0.6) is 0 Å². The maximum absolute atomic E-state index is 10.9. The summed E-state index contributed by atoms with van der Waals surface area (Å²) >= 11 is 0. The Balaban J connectivity index is 2.65. The molecule has 0 aliphatic heterocycles. The third-order valence-electron chi connectivity index (χ3n) is 1.50. The molecule has 0 unspecified atom stereocenters. The average Bonchev–Trinajstić information content (AvgIpc) is 2.26. The first-order chi connectivity index (χ1) is 6.74. The van der Waals surface area contributed by atoms with Gasteiger partial charge in [-0.3, -0.25) is 4.98 Å². The molecule has 0 aromatic carbocycles. The van der Waals surface area contributed by atoms with Gasteiger partial charge >= 0.3 is 5.97 Å². The van der Waals surface area contributed by atoms with E-state index in [0.717, 1.165) is 5.56 Å². The SMILES string of the molecule is C=C(N=Cc1ccncc1)C(=O)OC. The van der Waals surface area contributed by atoms with Crippen LogP contribution in [0.3, 0.4) is 0 Å². The predicted octanol–water partition coefficient (Wildman–Crippen LogP) is 1.19. The van der Waals surface area contributed by atoms with Crippen LogP contribution in [0, 0.1) is 0 Å². The second-order valence-electron chi connectivity index (χ2n) is 2.48. The van der Waals surface area contributed by atoms with Gasteiger partial charge in [0.2, 0.25) is 0 Å². The number of esters is 1. The highest BCUT2D eigenvalue weighted by Crippen LogP contribution is 1.97. The first-order valence-corrected chi connectivity index (χ1v) is 3.95. The Kier molecular flexibility index (Phi) is 3.55. The van der Waals surface area contributed by atoms with Crippen LogP contribution in [0.4, 0.5) is 0 Å². The number of aromatic nitrogens is 1. The lowest BCUT2D eigenvalue weighted by atomic mass is 10.3. The van der Waals surface area contributed by atoms with E-state index in [2.05, 4.69) is 21.3 Å². The Morgan fingerprint density at radius 2 is 2.21 bits per heavy atom. The van der Waals surface area contributed by atoms with E-state index in [1.165, 1.54) is 13.3 Å². The van der Waals surface area contributed by atoms with E-state index in [9.17, 15) is 4.79 Å². The van der Waals surface area contributed by atoms with Crippen molar-refractivity contribution in [3.8, 4) is 0 Å². The van der Waals surface area contributed by atoms with Gasteiger partial charge in [-0.25, -0.2) is 9.79 Å². The van der Waals surface area contributed by atoms with Gasteiger partial charge in [0, 0.05) is 18.6 Å². The van der Waals surface area contributed by atoms with E-state index in [-0.39, 0.29) is 5.70 Å². The van der Waals surface area contributed by atoms with Crippen LogP contribution >= 0.6 is 0 Å². The minimum atomic E-state index is -0.532. The Morgan fingerprint density at radius 1 is 1.57 bits per heavy atom. The molecule has 1 aromatic heterocycles. The summed E-state index contributed by atoms with van der Waals surface area (Å²) in [5.74, 6) is -0.532. The van der Waals surface area contributed by atoms with E-state index in [1.807, 2.05) is 0 Å². The molecule has 0 fully saturated rings. The molecule has 1 heterocycles. The van der Waals surface area contributed by atoms with Gasteiger partial charge in [-0.15, -0.1) is 0 Å². The second-order valence-corrected chi connectivity index (χ2v) is 2.48. The van der Waals surface area contributed by atoms with Gasteiger partial charge in [0.1, 0.15) is 5.70 Å². The van der Waals surface area contributed by atoms with Gasteiger partial charge in [-0.2, -0.15) is 0 Å². The van der Waals surface area contributed by atoms with Crippen molar-refractivity contribution in [2.75, 3.05) is 7.11 Å². The molecule has 0 bridgehead atoms. The first-order valence-electron chi connectivity index (χ1n) is 3.95. The van der Waals surface area contributed by atoms with Gasteiger partial charge in [-0.1, -0.05) is 6.58 Å². The van der Waals surface area contributed by atoms with Crippen LogP contribution in [-0.2, 0) is 9.53 Å². The molecule has 14 heavy (non-hydrogen) atoms. The van der Waals surface area contributed by atoms with E-state index < -0.39 is 5.97 Å². The number of aliphatic imine (C=N–C) groups is 1. The summed E-state index contributed by atoms with van der Waals surface area (Å²) in [7, 11) is 1.29. The molecule has 0 radical (unpaired) electrons. The van der Waals surface area contributed by atoms with E-state index in [1.54, 1.807) is 24.5 Å². The average molecular weight is 190 g/mol. The minimum Gasteiger partial charge on any atom is -0.464 e. The molecule has 0 N–H and O–H groups in total. The van der Waals surface area contributed by atoms with E-state index in [4.69, 9.17) is 0 Å². The lowest BCUT2D eigenvalue weighted by Crippen LogP contribution is -2.01. The van der Waals surface area contributed by atoms with Crippen molar-refractivity contribution in [1.82, 2.24) is 4.98 Å². The van der Waals surface area contributed by atoms with Crippen LogP contribution in [-0.4, -0.2) is 24.3 Å². The Bertz CT molecular complexity index is 358. The zero-order valence-corrected chi connectivity index (χ0v) is 7.80. The summed E-state index contributed by atoms with van der Waals surface area (Å²) in [5.41, 5.74) is 0.925. The molecule has 0 aliphatic carbocycles. The van der Waals surface area contributed by atoms with Crippen molar-refractivity contribution >= 4 is 12.2 Å². The zero-order chi connectivity index (χ0) is 10.4. The summed E-state index contributed by atoms with van der Waals surface area (Å²) in [6.07, 6.45) is 4.81. The highest BCUT2D eigenvalue weighted by atomic mass is 16.5. The highest BCUT2D eigenvalue weighted by Gasteiger charge is 2.02. The molecule has 0 saturated heterocycles. The molecule has 4 heteroatoms. The van der Waals surface area contributed by atoms with E-state index >= 15 is 0 Å². The molecule has 1 aromatic rings. The topological polar surface area (TPSA) is 51.5 Å². The zero-order valence-electron chi connectivity index (χ0n) is 7.80. The number of ether oxygens (including phenoxy) is 1. The van der Waals surface area contributed by atoms with Gasteiger partial charge in [-0.05, 0) is 17.7 Å². The number of rotatable bonds is 3. The lowest BCUT2D eigenvalue weighted by molar-refractivity contribution is -0.136. The van der Waals surface area contributed by atoms with Gasteiger partial charge < -0.3 is 4.74 Å². The van der Waals surface area contributed by atoms with Gasteiger partial charge in [0.25, 0.3) is 0 Å². The third-order valence-corrected chi connectivity index (χ3v) is 1.50. The molecule has 0 saturated carbocycles. The molecule has 0 amide bonds. The Morgan fingerprint density at radius 3 is 2.79 bits per heavy atom. The number of nitrogens with zero attached hydrogens (tertiary/aromatic N) is 2. The number of carbonyl (C=O) groups is 1. The van der Waals surface area contributed by atoms with Crippen LogP contribution < -0.4 is 0 Å². The highest BCUT2D eigenvalue weighted by molar-refractivity contribution is 5.91. The maximum Gasteiger partial charge on any atom is 0.356 e. The molecule has 0 spiro atoms. The van der Waals surface area contributed by atoms with Crippen molar-refractivity contribution in [1.29, 1.82) is 0 Å². The number of pyridine rings is 1. The first kappa shape index (κ1) is 10.1. The Hall–Kier alpha value is -1.97. The normalized spacial score (nSPS) is 10.1. The van der Waals surface area contributed by atoms with Gasteiger partial charge in [0.05, 0.1) is 7.11 Å². The van der Waals surface area contributed by atoms with Crippen LogP contribution in [0.1, 0.15) is 5.56 Å². The van der Waals surface area contributed by atoms with Crippen LogP contribution in [0.25, 0.3) is 0 Å². The monoisotopic (exact) mass is 190 g/mol. The lowest BCUT2D eigenvalue weighted by Gasteiger charge is -1.95. The van der Waals surface area contributed by atoms with Crippen molar-refractivity contribution in [2.45, 2.75) is 0 Å². The summed E-state index contributed by atoms with van der Waals surface area (Å²) in [6.45, 7) is 3.45. The second kappa shape index (κ2) is 4.91.